The first-order valence-electron chi connectivity index (χ1n) is 8.75. The van der Waals surface area contributed by atoms with Crippen molar-refractivity contribution in [3.05, 3.63) is 52.9 Å². The third-order valence-corrected chi connectivity index (χ3v) is 5.08. The highest BCUT2D eigenvalue weighted by Crippen LogP contribution is 2.31. The first-order chi connectivity index (χ1) is 13.3. The molecule has 0 atom stereocenters. The van der Waals surface area contributed by atoms with E-state index in [4.69, 9.17) is 0 Å². The van der Waals surface area contributed by atoms with Crippen molar-refractivity contribution in [3.63, 3.8) is 0 Å². The maximum atomic E-state index is 13.2. The highest BCUT2D eigenvalue weighted by Gasteiger charge is 2.15. The Kier molecular flexibility index (Phi) is 5.89. The van der Waals surface area contributed by atoms with Crippen LogP contribution in [-0.4, -0.2) is 21.4 Å². The second kappa shape index (κ2) is 8.35. The van der Waals surface area contributed by atoms with Gasteiger partial charge in [0.25, 0.3) is 0 Å². The van der Waals surface area contributed by atoms with E-state index in [2.05, 4.69) is 10.3 Å². The largest absolute Gasteiger partial charge is 0.550 e. The van der Waals surface area contributed by atoms with Gasteiger partial charge in [-0.2, -0.15) is 0 Å². The number of carboxylic acid groups (broad SMARTS) is 1. The Hall–Kier alpha value is -3.00. The summed E-state index contributed by atoms with van der Waals surface area (Å²) in [7, 11) is 0. The number of anilines is 1. The number of aryl methyl sites for hydroxylation is 1. The molecule has 0 fully saturated rings. The van der Waals surface area contributed by atoms with Crippen LogP contribution in [0.2, 0.25) is 0 Å². The number of carboxylic acids is 1. The Bertz CT molecular complexity index is 1010. The number of hydrogen-bond acceptors (Lipinski definition) is 5. The number of aliphatic carboxylic acids is 1. The van der Waals surface area contributed by atoms with E-state index in [1.54, 1.807) is 12.1 Å². The molecule has 146 valence electrons. The topological polar surface area (TPSA) is 87.1 Å². The number of nitrogens with one attached hydrogen (secondary N) is 1. The molecule has 3 rings (SSSR count). The van der Waals surface area contributed by atoms with Gasteiger partial charge in [-0.05, 0) is 57.0 Å². The Balaban J connectivity index is 1.76. The molecule has 2 heterocycles. The Labute approximate surface area is 165 Å². The smallest absolute Gasteiger partial charge is 0.226 e. The van der Waals surface area contributed by atoms with Gasteiger partial charge in [0.2, 0.25) is 5.91 Å². The van der Waals surface area contributed by atoms with Gasteiger partial charge in [-0.1, -0.05) is 0 Å². The minimum absolute atomic E-state index is 0.0992. The van der Waals surface area contributed by atoms with Gasteiger partial charge in [-0.15, -0.1) is 11.3 Å². The molecular formula is C20H19FN3O3S-. The summed E-state index contributed by atoms with van der Waals surface area (Å²) in [6, 6.07) is 8.28. The molecule has 0 saturated heterocycles. The van der Waals surface area contributed by atoms with Crippen LogP contribution in [0.3, 0.4) is 0 Å². The minimum Gasteiger partial charge on any atom is -0.550 e. The second-order valence-corrected chi connectivity index (χ2v) is 7.27. The van der Waals surface area contributed by atoms with Gasteiger partial charge in [-0.25, -0.2) is 9.37 Å². The fourth-order valence-electron chi connectivity index (χ4n) is 3.04. The van der Waals surface area contributed by atoms with Crippen molar-refractivity contribution in [1.29, 1.82) is 0 Å². The molecule has 1 aromatic carbocycles. The molecule has 3 aromatic rings. The lowest BCUT2D eigenvalue weighted by atomic mass is 10.2. The van der Waals surface area contributed by atoms with Crippen molar-refractivity contribution < 1.29 is 19.1 Å². The summed E-state index contributed by atoms with van der Waals surface area (Å²) in [6.07, 6.45) is 0.180. The summed E-state index contributed by atoms with van der Waals surface area (Å²) in [5.74, 6) is -1.73. The van der Waals surface area contributed by atoms with Crippen molar-refractivity contribution in [1.82, 2.24) is 9.55 Å². The van der Waals surface area contributed by atoms with Crippen LogP contribution in [-0.2, 0) is 9.59 Å². The maximum Gasteiger partial charge on any atom is 0.226 e. The van der Waals surface area contributed by atoms with E-state index in [1.807, 2.05) is 29.9 Å². The fourth-order valence-corrected chi connectivity index (χ4v) is 3.77. The van der Waals surface area contributed by atoms with Crippen molar-refractivity contribution in [2.24, 2.45) is 0 Å². The molecule has 2 aromatic heterocycles. The zero-order chi connectivity index (χ0) is 20.3. The lowest BCUT2D eigenvalue weighted by molar-refractivity contribution is -0.305. The van der Waals surface area contributed by atoms with Gasteiger partial charge >= 0.3 is 0 Å². The number of aromatic nitrogens is 2. The quantitative estimate of drug-likeness (QED) is 0.660. The van der Waals surface area contributed by atoms with Gasteiger partial charge < -0.3 is 19.8 Å². The highest BCUT2D eigenvalue weighted by molar-refractivity contribution is 7.14. The van der Waals surface area contributed by atoms with Crippen LogP contribution >= 0.6 is 11.3 Å². The predicted molar refractivity (Wildman–Crippen MR) is 104 cm³/mol. The normalized spacial score (nSPS) is 10.8. The number of rotatable bonds is 7. The zero-order valence-electron chi connectivity index (χ0n) is 15.5. The lowest BCUT2D eigenvalue weighted by Gasteiger charge is -2.09. The number of benzene rings is 1. The van der Waals surface area contributed by atoms with E-state index in [0.717, 1.165) is 28.3 Å². The molecule has 0 unspecified atom stereocenters. The van der Waals surface area contributed by atoms with Gasteiger partial charge in [0.1, 0.15) is 5.82 Å². The van der Waals surface area contributed by atoms with Crippen molar-refractivity contribution in [2.75, 3.05) is 5.32 Å². The molecule has 6 nitrogen and oxygen atoms in total. The van der Waals surface area contributed by atoms with Crippen molar-refractivity contribution >= 4 is 28.3 Å². The molecular weight excluding hydrogens is 381 g/mol. The van der Waals surface area contributed by atoms with Crippen LogP contribution in [0.5, 0.6) is 0 Å². The monoisotopic (exact) mass is 400 g/mol. The predicted octanol–water partition coefficient (Wildman–Crippen LogP) is 3.22. The number of thiazole rings is 1. The van der Waals surface area contributed by atoms with E-state index >= 15 is 0 Å². The molecule has 0 spiro atoms. The molecule has 0 radical (unpaired) electrons. The van der Waals surface area contributed by atoms with Gasteiger partial charge in [0.15, 0.2) is 5.13 Å². The summed E-state index contributed by atoms with van der Waals surface area (Å²) in [6.45, 7) is 3.93. The lowest BCUT2D eigenvalue weighted by Crippen LogP contribution is -2.22. The number of amides is 1. The van der Waals surface area contributed by atoms with Crippen molar-refractivity contribution in [2.45, 2.75) is 33.1 Å². The molecule has 0 aliphatic heterocycles. The fraction of sp³-hybridized carbons (Fsp3) is 0.250. The Morgan fingerprint density at radius 3 is 2.61 bits per heavy atom. The van der Waals surface area contributed by atoms with Crippen molar-refractivity contribution in [3.8, 4) is 16.9 Å². The van der Waals surface area contributed by atoms with Crippen LogP contribution in [0.4, 0.5) is 9.52 Å². The number of halogens is 1. The number of hydrogen-bond donors (Lipinski definition) is 1. The van der Waals surface area contributed by atoms with Gasteiger partial charge in [0.05, 0.1) is 5.69 Å². The maximum absolute atomic E-state index is 13.2. The average Bonchev–Trinajstić information content (AvgIpc) is 3.20. The van der Waals surface area contributed by atoms with E-state index in [9.17, 15) is 19.1 Å². The summed E-state index contributed by atoms with van der Waals surface area (Å²) in [5.41, 5.74) is 4.47. The third-order valence-electron chi connectivity index (χ3n) is 4.33. The highest BCUT2D eigenvalue weighted by atomic mass is 32.1. The first kappa shape index (κ1) is 19.8. The molecule has 28 heavy (non-hydrogen) atoms. The molecule has 1 N–H and O–H groups in total. The van der Waals surface area contributed by atoms with E-state index in [-0.39, 0.29) is 31.0 Å². The zero-order valence-corrected chi connectivity index (χ0v) is 16.3. The summed E-state index contributed by atoms with van der Waals surface area (Å²) in [4.78, 5) is 26.8. The van der Waals surface area contributed by atoms with Gasteiger partial charge in [-0.3, -0.25) is 4.79 Å². The van der Waals surface area contributed by atoms with E-state index < -0.39 is 5.97 Å². The van der Waals surface area contributed by atoms with Crippen LogP contribution in [0, 0.1) is 19.7 Å². The van der Waals surface area contributed by atoms with E-state index in [0.29, 0.717) is 5.13 Å². The Morgan fingerprint density at radius 1 is 1.21 bits per heavy atom. The first-order valence-corrected chi connectivity index (χ1v) is 9.63. The van der Waals surface area contributed by atoms with Crippen LogP contribution in [0.15, 0.2) is 35.7 Å². The van der Waals surface area contributed by atoms with E-state index in [1.165, 1.54) is 23.5 Å². The molecule has 0 bridgehead atoms. The third kappa shape index (κ3) is 4.45. The molecule has 0 aliphatic rings. The summed E-state index contributed by atoms with van der Waals surface area (Å²) >= 11 is 1.30. The summed E-state index contributed by atoms with van der Waals surface area (Å²) < 4.78 is 15.2. The molecule has 1 amide bonds. The average molecular weight is 400 g/mol. The van der Waals surface area contributed by atoms with Crippen LogP contribution in [0.1, 0.15) is 30.7 Å². The molecule has 0 aliphatic carbocycles. The number of nitrogens with zero attached hydrogens (tertiary/aromatic N) is 2. The Morgan fingerprint density at radius 2 is 1.93 bits per heavy atom. The number of carbonyl (C=O) groups excluding carboxylic acids is 2. The number of carbonyl (C=O) groups is 2. The van der Waals surface area contributed by atoms with Crippen LogP contribution in [0.25, 0.3) is 16.9 Å². The SMILES string of the molecule is Cc1cc(-c2csc(NC(=O)CCCC(=O)[O-])n2)c(C)n1-c1ccc(F)cc1. The van der Waals surface area contributed by atoms with Crippen LogP contribution < -0.4 is 10.4 Å². The molecule has 8 heteroatoms. The van der Waals surface area contributed by atoms with Gasteiger partial charge in [0, 0.05) is 40.4 Å². The standard InChI is InChI=1S/C20H20FN3O3S/c1-12-10-16(13(2)24(12)15-8-6-14(21)7-9-15)17-11-28-20(22-17)23-18(25)4-3-5-19(26)27/h6-11H,3-5H2,1-2H3,(H,26,27)(H,22,23,25)/p-1. The minimum atomic E-state index is -1.17. The summed E-state index contributed by atoms with van der Waals surface area (Å²) in [5, 5.41) is 15.4. The molecule has 0 saturated carbocycles. The second-order valence-electron chi connectivity index (χ2n) is 6.41.